The molecule has 4 rings (SSSR count). The van der Waals surface area contributed by atoms with Crippen molar-refractivity contribution in [2.24, 2.45) is 7.05 Å². The smallest absolute Gasteiger partial charge is 0.307 e. The number of nitrogens with one attached hydrogen (secondary N) is 1. The Morgan fingerprint density at radius 1 is 1.35 bits per heavy atom. The zero-order valence-electron chi connectivity index (χ0n) is 13.1. The molecule has 0 fully saturated rings. The van der Waals surface area contributed by atoms with E-state index in [-0.39, 0.29) is 6.03 Å². The van der Waals surface area contributed by atoms with Crippen LogP contribution in [0.25, 0.3) is 10.9 Å². The highest BCUT2D eigenvalue weighted by Crippen LogP contribution is 2.27. The number of benzene rings is 1. The molecule has 3 aromatic rings. The van der Waals surface area contributed by atoms with Crippen LogP contribution >= 0.6 is 0 Å². The number of carbonyl (C=O) groups is 1. The van der Waals surface area contributed by atoms with Crippen LogP contribution in [0.5, 0.6) is 0 Å². The molecule has 0 spiro atoms. The van der Waals surface area contributed by atoms with E-state index in [9.17, 15) is 4.79 Å². The van der Waals surface area contributed by atoms with Crippen LogP contribution in [0.2, 0.25) is 0 Å². The van der Waals surface area contributed by atoms with Gasteiger partial charge in [0.25, 0.3) is 0 Å². The lowest BCUT2D eigenvalue weighted by molar-refractivity contribution is 0.257. The predicted octanol–water partition coefficient (Wildman–Crippen LogP) is 2.87. The summed E-state index contributed by atoms with van der Waals surface area (Å²) in [5, 5.41) is 8.42. The second-order valence-corrected chi connectivity index (χ2v) is 5.85. The van der Waals surface area contributed by atoms with Crippen molar-refractivity contribution < 1.29 is 4.79 Å². The summed E-state index contributed by atoms with van der Waals surface area (Å²) < 4.78 is 1.78. The van der Waals surface area contributed by atoms with Gasteiger partial charge < -0.3 is 5.32 Å². The third-order valence-corrected chi connectivity index (χ3v) is 4.14. The second kappa shape index (κ2) is 5.08. The van der Waals surface area contributed by atoms with E-state index in [4.69, 9.17) is 0 Å². The number of fused-ring (bicyclic) bond motifs is 2. The maximum Gasteiger partial charge on any atom is 0.327 e. The highest BCUT2D eigenvalue weighted by atomic mass is 16.2. The third kappa shape index (κ3) is 2.32. The van der Waals surface area contributed by atoms with Crippen molar-refractivity contribution in [1.29, 1.82) is 0 Å². The first-order valence-electron chi connectivity index (χ1n) is 7.58. The molecule has 0 saturated heterocycles. The number of carbonyl (C=O) groups excluding carboxylic acids is 1. The third-order valence-electron chi connectivity index (χ3n) is 4.14. The maximum absolute atomic E-state index is 12.6. The van der Waals surface area contributed by atoms with Crippen molar-refractivity contribution in [2.75, 3.05) is 16.8 Å². The van der Waals surface area contributed by atoms with Gasteiger partial charge in [0.1, 0.15) is 5.82 Å². The van der Waals surface area contributed by atoms with E-state index in [1.807, 2.05) is 44.4 Å². The molecule has 0 atom stereocenters. The van der Waals surface area contributed by atoms with Crippen molar-refractivity contribution >= 4 is 28.4 Å². The SMILES string of the molecule is Cc1cc(NC(=O)N2CCc3cccnc32)cc2cn(C)nc12. The number of rotatable bonds is 1. The number of amides is 2. The van der Waals surface area contributed by atoms with Gasteiger partial charge in [-0.15, -0.1) is 0 Å². The molecule has 3 heterocycles. The molecule has 2 aromatic heterocycles. The highest BCUT2D eigenvalue weighted by molar-refractivity contribution is 6.03. The van der Waals surface area contributed by atoms with Crippen LogP contribution in [0.3, 0.4) is 0 Å². The summed E-state index contributed by atoms with van der Waals surface area (Å²) in [7, 11) is 1.89. The zero-order valence-corrected chi connectivity index (χ0v) is 13.1. The Morgan fingerprint density at radius 3 is 3.09 bits per heavy atom. The maximum atomic E-state index is 12.6. The fraction of sp³-hybridized carbons (Fsp3) is 0.235. The molecule has 6 heteroatoms. The van der Waals surface area contributed by atoms with Crippen LogP contribution in [0.1, 0.15) is 11.1 Å². The summed E-state index contributed by atoms with van der Waals surface area (Å²) in [6.07, 6.45) is 4.51. The van der Waals surface area contributed by atoms with E-state index in [1.54, 1.807) is 15.8 Å². The van der Waals surface area contributed by atoms with Crippen LogP contribution in [-0.4, -0.2) is 27.3 Å². The molecule has 23 heavy (non-hydrogen) atoms. The summed E-state index contributed by atoms with van der Waals surface area (Å²) in [4.78, 5) is 18.6. The lowest BCUT2D eigenvalue weighted by Crippen LogP contribution is -2.33. The molecule has 1 N–H and O–H groups in total. The van der Waals surface area contributed by atoms with Gasteiger partial charge in [0, 0.05) is 37.1 Å². The van der Waals surface area contributed by atoms with Crippen molar-refractivity contribution in [2.45, 2.75) is 13.3 Å². The van der Waals surface area contributed by atoms with Crippen molar-refractivity contribution in [1.82, 2.24) is 14.8 Å². The fourth-order valence-corrected chi connectivity index (χ4v) is 3.10. The van der Waals surface area contributed by atoms with Gasteiger partial charge in [-0.1, -0.05) is 6.07 Å². The number of nitrogens with zero attached hydrogens (tertiary/aromatic N) is 4. The first kappa shape index (κ1) is 13.8. The van der Waals surface area contributed by atoms with Gasteiger partial charge in [-0.3, -0.25) is 9.58 Å². The van der Waals surface area contributed by atoms with Crippen LogP contribution < -0.4 is 10.2 Å². The predicted molar refractivity (Wildman–Crippen MR) is 89.8 cm³/mol. The van der Waals surface area contributed by atoms with E-state index >= 15 is 0 Å². The molecule has 1 aliphatic heterocycles. The van der Waals surface area contributed by atoms with Gasteiger partial charge in [-0.25, -0.2) is 9.78 Å². The summed E-state index contributed by atoms with van der Waals surface area (Å²) in [6, 6.07) is 7.66. The standard InChI is InChI=1S/C17H17N5O/c1-11-8-14(9-13-10-21(2)20-15(11)13)19-17(23)22-7-5-12-4-3-6-18-16(12)22/h3-4,6,8-10H,5,7H2,1-2H3,(H,19,23). The molecule has 0 aliphatic carbocycles. The van der Waals surface area contributed by atoms with Gasteiger partial charge in [0.05, 0.1) is 5.52 Å². The van der Waals surface area contributed by atoms with Crippen LogP contribution in [-0.2, 0) is 13.5 Å². The molecule has 0 saturated carbocycles. The molecule has 1 aromatic carbocycles. The molecule has 116 valence electrons. The summed E-state index contributed by atoms with van der Waals surface area (Å²) in [5.41, 5.74) is 3.89. The second-order valence-electron chi connectivity index (χ2n) is 5.85. The van der Waals surface area contributed by atoms with Gasteiger partial charge in [-0.2, -0.15) is 5.10 Å². The Labute approximate surface area is 133 Å². The lowest BCUT2D eigenvalue weighted by atomic mass is 10.1. The molecule has 6 nitrogen and oxygen atoms in total. The fourth-order valence-electron chi connectivity index (χ4n) is 3.10. The van der Waals surface area contributed by atoms with E-state index < -0.39 is 0 Å². The monoisotopic (exact) mass is 307 g/mol. The number of aryl methyl sites for hydroxylation is 2. The first-order chi connectivity index (χ1) is 11.1. The summed E-state index contributed by atoms with van der Waals surface area (Å²) in [5.74, 6) is 0.754. The minimum absolute atomic E-state index is 0.148. The molecule has 0 radical (unpaired) electrons. The average molecular weight is 307 g/mol. The topological polar surface area (TPSA) is 63.1 Å². The average Bonchev–Trinajstić information content (AvgIpc) is 3.10. The number of urea groups is 1. The Bertz CT molecular complexity index is 914. The van der Waals surface area contributed by atoms with E-state index in [0.29, 0.717) is 6.54 Å². The molecular formula is C17H17N5O. The summed E-state index contributed by atoms with van der Waals surface area (Å²) in [6.45, 7) is 2.66. The Hall–Kier alpha value is -2.89. The van der Waals surface area contributed by atoms with Crippen LogP contribution in [0, 0.1) is 6.92 Å². The van der Waals surface area contributed by atoms with Crippen molar-refractivity contribution in [3.05, 3.63) is 47.8 Å². The number of hydrogen-bond donors (Lipinski definition) is 1. The quantitative estimate of drug-likeness (QED) is 0.752. The van der Waals surface area contributed by atoms with Gasteiger partial charge in [0.15, 0.2) is 0 Å². The number of aromatic nitrogens is 3. The summed E-state index contributed by atoms with van der Waals surface area (Å²) >= 11 is 0. The van der Waals surface area contributed by atoms with Gasteiger partial charge in [0.2, 0.25) is 0 Å². The van der Waals surface area contributed by atoms with Crippen LogP contribution in [0.4, 0.5) is 16.3 Å². The van der Waals surface area contributed by atoms with E-state index in [1.165, 1.54) is 0 Å². The minimum atomic E-state index is -0.148. The number of pyridine rings is 1. The molecule has 2 amide bonds. The van der Waals surface area contributed by atoms with E-state index in [0.717, 1.165) is 40.0 Å². The number of anilines is 2. The normalized spacial score (nSPS) is 13.4. The highest BCUT2D eigenvalue weighted by Gasteiger charge is 2.25. The molecule has 0 bridgehead atoms. The molecule has 0 unspecified atom stereocenters. The van der Waals surface area contributed by atoms with Crippen molar-refractivity contribution in [3.8, 4) is 0 Å². The number of hydrogen-bond acceptors (Lipinski definition) is 3. The molecule has 1 aliphatic rings. The van der Waals surface area contributed by atoms with Crippen LogP contribution in [0.15, 0.2) is 36.7 Å². The Morgan fingerprint density at radius 2 is 2.22 bits per heavy atom. The molecular weight excluding hydrogens is 290 g/mol. The lowest BCUT2D eigenvalue weighted by Gasteiger charge is -2.17. The Kier molecular flexibility index (Phi) is 3.04. The largest absolute Gasteiger partial charge is 0.327 e. The van der Waals surface area contributed by atoms with Gasteiger partial charge >= 0.3 is 6.03 Å². The van der Waals surface area contributed by atoms with E-state index in [2.05, 4.69) is 15.4 Å². The zero-order chi connectivity index (χ0) is 16.0. The first-order valence-corrected chi connectivity index (χ1v) is 7.58. The minimum Gasteiger partial charge on any atom is -0.307 e. The van der Waals surface area contributed by atoms with Crippen molar-refractivity contribution in [3.63, 3.8) is 0 Å². The van der Waals surface area contributed by atoms with Gasteiger partial charge in [-0.05, 0) is 42.7 Å². The Balaban J connectivity index is 1.62.